The molecule has 0 N–H and O–H groups in total. The van der Waals surface area contributed by atoms with E-state index in [0.717, 1.165) is 12.1 Å². The van der Waals surface area contributed by atoms with Gasteiger partial charge < -0.3 is 4.74 Å². The summed E-state index contributed by atoms with van der Waals surface area (Å²) in [5, 5.41) is 0.255. The number of halogens is 3. The summed E-state index contributed by atoms with van der Waals surface area (Å²) in [4.78, 5) is 38.6. The molecule has 1 atom stereocenters. The van der Waals surface area contributed by atoms with Gasteiger partial charge in [0.2, 0.25) is 0 Å². The molecule has 9 heteroatoms. The summed E-state index contributed by atoms with van der Waals surface area (Å²) in [6.45, 7) is 1.22. The Balaban J connectivity index is 2.08. The Morgan fingerprint density at radius 3 is 2.30 bits per heavy atom. The number of imide groups is 1. The van der Waals surface area contributed by atoms with Crippen molar-refractivity contribution in [3.63, 3.8) is 0 Å². The van der Waals surface area contributed by atoms with Gasteiger partial charge in [0.1, 0.15) is 6.10 Å². The van der Waals surface area contributed by atoms with E-state index in [4.69, 9.17) is 4.74 Å². The third-order valence-corrected chi connectivity index (χ3v) is 3.15. The Morgan fingerprint density at radius 2 is 1.74 bits per heavy atom. The number of amides is 2. The van der Waals surface area contributed by atoms with Crippen molar-refractivity contribution in [3.05, 3.63) is 35.4 Å². The Morgan fingerprint density at radius 1 is 1.17 bits per heavy atom. The lowest BCUT2D eigenvalue weighted by Crippen LogP contribution is -2.32. The standard InChI is InChI=1S/C14H12F3NO5/c1-8(9-4-2-3-5-10(9)14(15,16)17)22-13(21)23-18-11(19)6-7-12(18)20/h2-5,8H,6-7H2,1H3/t8-/m0/s1. The number of carbonyl (C=O) groups is 3. The molecule has 1 saturated heterocycles. The second-order valence-electron chi connectivity index (χ2n) is 4.77. The fourth-order valence-electron chi connectivity index (χ4n) is 2.07. The van der Waals surface area contributed by atoms with Crippen LogP contribution in [-0.4, -0.2) is 23.0 Å². The first kappa shape index (κ1) is 16.8. The Kier molecular flexibility index (Phi) is 4.57. The predicted octanol–water partition coefficient (Wildman–Crippen LogP) is 2.98. The second kappa shape index (κ2) is 6.27. The normalized spacial score (nSPS) is 16.4. The minimum Gasteiger partial charge on any atom is -0.425 e. The van der Waals surface area contributed by atoms with Crippen molar-refractivity contribution >= 4 is 18.0 Å². The molecule has 0 radical (unpaired) electrons. The van der Waals surface area contributed by atoms with Crippen LogP contribution in [0, 0.1) is 0 Å². The zero-order valence-electron chi connectivity index (χ0n) is 11.9. The van der Waals surface area contributed by atoms with E-state index in [9.17, 15) is 27.6 Å². The molecule has 1 aliphatic heterocycles. The molecule has 0 aromatic heterocycles. The summed E-state index contributed by atoms with van der Waals surface area (Å²) in [6, 6.07) is 4.59. The van der Waals surface area contributed by atoms with E-state index in [1.165, 1.54) is 19.1 Å². The van der Waals surface area contributed by atoms with E-state index in [2.05, 4.69) is 4.84 Å². The molecule has 2 amide bonds. The van der Waals surface area contributed by atoms with Crippen LogP contribution >= 0.6 is 0 Å². The molecule has 23 heavy (non-hydrogen) atoms. The molecule has 1 aliphatic rings. The monoisotopic (exact) mass is 331 g/mol. The minimum absolute atomic E-state index is 0.0986. The number of hydroxylamine groups is 2. The van der Waals surface area contributed by atoms with Gasteiger partial charge in [-0.25, -0.2) is 4.79 Å². The minimum atomic E-state index is -4.61. The van der Waals surface area contributed by atoms with Crippen molar-refractivity contribution in [1.82, 2.24) is 5.06 Å². The van der Waals surface area contributed by atoms with Gasteiger partial charge in [-0.1, -0.05) is 23.3 Å². The highest BCUT2D eigenvalue weighted by Gasteiger charge is 2.36. The molecule has 0 saturated carbocycles. The van der Waals surface area contributed by atoms with Gasteiger partial charge in [-0.05, 0) is 13.0 Å². The highest BCUT2D eigenvalue weighted by molar-refractivity contribution is 6.01. The van der Waals surface area contributed by atoms with Crippen LogP contribution in [0.5, 0.6) is 0 Å². The first-order valence-corrected chi connectivity index (χ1v) is 6.60. The lowest BCUT2D eigenvalue weighted by Gasteiger charge is -2.19. The lowest BCUT2D eigenvalue weighted by atomic mass is 10.0. The molecule has 124 valence electrons. The maximum Gasteiger partial charge on any atom is 0.534 e. The van der Waals surface area contributed by atoms with Gasteiger partial charge in [0.05, 0.1) is 5.56 Å². The van der Waals surface area contributed by atoms with Crippen molar-refractivity contribution in [2.75, 3.05) is 0 Å². The van der Waals surface area contributed by atoms with Crippen molar-refractivity contribution in [1.29, 1.82) is 0 Å². The smallest absolute Gasteiger partial charge is 0.425 e. The summed E-state index contributed by atoms with van der Waals surface area (Å²) in [5.41, 5.74) is -1.22. The molecule has 1 heterocycles. The summed E-state index contributed by atoms with van der Waals surface area (Å²) >= 11 is 0. The van der Waals surface area contributed by atoms with Crippen LogP contribution in [0.3, 0.4) is 0 Å². The van der Waals surface area contributed by atoms with Crippen LogP contribution in [0.2, 0.25) is 0 Å². The molecule has 0 aliphatic carbocycles. The molecule has 1 aromatic carbocycles. The quantitative estimate of drug-likeness (QED) is 0.629. The molecule has 2 rings (SSSR count). The number of nitrogens with zero attached hydrogens (tertiary/aromatic N) is 1. The summed E-state index contributed by atoms with van der Waals surface area (Å²) in [7, 11) is 0. The topological polar surface area (TPSA) is 72.9 Å². The molecule has 1 aromatic rings. The first-order chi connectivity index (χ1) is 10.7. The van der Waals surface area contributed by atoms with Gasteiger partial charge in [0, 0.05) is 18.4 Å². The average molecular weight is 331 g/mol. The number of benzene rings is 1. The summed E-state index contributed by atoms with van der Waals surface area (Å²) < 4.78 is 43.4. The number of alkyl halides is 3. The molecular weight excluding hydrogens is 319 g/mol. The number of ether oxygens (including phenoxy) is 1. The lowest BCUT2D eigenvalue weighted by molar-refractivity contribution is -0.178. The number of hydrogen-bond acceptors (Lipinski definition) is 5. The van der Waals surface area contributed by atoms with Gasteiger partial charge in [-0.15, -0.1) is 0 Å². The third kappa shape index (κ3) is 3.79. The van der Waals surface area contributed by atoms with E-state index in [0.29, 0.717) is 0 Å². The molecule has 0 unspecified atom stereocenters. The van der Waals surface area contributed by atoms with E-state index < -0.39 is 35.8 Å². The van der Waals surface area contributed by atoms with E-state index in [1.807, 2.05) is 0 Å². The Bertz CT molecular complexity index is 628. The van der Waals surface area contributed by atoms with Crippen LogP contribution in [0.15, 0.2) is 24.3 Å². The van der Waals surface area contributed by atoms with Crippen LogP contribution in [-0.2, 0) is 25.3 Å². The van der Waals surface area contributed by atoms with Crippen LogP contribution in [0.25, 0.3) is 0 Å². The Hall–Kier alpha value is -2.58. The second-order valence-corrected chi connectivity index (χ2v) is 4.77. The van der Waals surface area contributed by atoms with Crippen LogP contribution in [0.1, 0.15) is 37.0 Å². The van der Waals surface area contributed by atoms with Gasteiger partial charge in [0.25, 0.3) is 11.8 Å². The number of carbonyl (C=O) groups excluding carboxylic acids is 3. The average Bonchev–Trinajstić information content (AvgIpc) is 2.78. The summed E-state index contributed by atoms with van der Waals surface area (Å²) in [5.74, 6) is -1.43. The third-order valence-electron chi connectivity index (χ3n) is 3.15. The fraction of sp³-hybridized carbons (Fsp3) is 0.357. The van der Waals surface area contributed by atoms with E-state index >= 15 is 0 Å². The van der Waals surface area contributed by atoms with Crippen LogP contribution < -0.4 is 0 Å². The van der Waals surface area contributed by atoms with Crippen LogP contribution in [0.4, 0.5) is 18.0 Å². The summed E-state index contributed by atoms with van der Waals surface area (Å²) in [6.07, 6.45) is -7.53. The maximum absolute atomic E-state index is 12.9. The van der Waals surface area contributed by atoms with E-state index in [-0.39, 0.29) is 23.5 Å². The molecule has 0 bridgehead atoms. The van der Waals surface area contributed by atoms with Crippen molar-refractivity contribution < 1.29 is 37.1 Å². The molecule has 6 nitrogen and oxygen atoms in total. The van der Waals surface area contributed by atoms with Gasteiger partial charge in [-0.3, -0.25) is 14.4 Å². The zero-order chi connectivity index (χ0) is 17.2. The van der Waals surface area contributed by atoms with Gasteiger partial charge >= 0.3 is 12.3 Å². The number of hydrogen-bond donors (Lipinski definition) is 0. The maximum atomic E-state index is 12.9. The van der Waals surface area contributed by atoms with Crippen molar-refractivity contribution in [2.45, 2.75) is 32.0 Å². The van der Waals surface area contributed by atoms with E-state index in [1.54, 1.807) is 0 Å². The highest BCUT2D eigenvalue weighted by Crippen LogP contribution is 2.35. The molecule has 0 spiro atoms. The van der Waals surface area contributed by atoms with Crippen molar-refractivity contribution in [2.24, 2.45) is 0 Å². The Labute approximate surface area is 128 Å². The molecule has 1 fully saturated rings. The fourth-order valence-corrected chi connectivity index (χ4v) is 2.07. The highest BCUT2D eigenvalue weighted by atomic mass is 19.4. The zero-order valence-corrected chi connectivity index (χ0v) is 11.9. The largest absolute Gasteiger partial charge is 0.534 e. The van der Waals surface area contributed by atoms with Crippen molar-refractivity contribution in [3.8, 4) is 0 Å². The molecular formula is C14H12F3NO5. The predicted molar refractivity (Wildman–Crippen MR) is 68.5 cm³/mol. The van der Waals surface area contributed by atoms with Gasteiger partial charge in [-0.2, -0.15) is 13.2 Å². The first-order valence-electron chi connectivity index (χ1n) is 6.60. The van der Waals surface area contributed by atoms with Gasteiger partial charge in [0.15, 0.2) is 0 Å². The SMILES string of the molecule is C[C@H](OC(=O)ON1C(=O)CCC1=O)c1ccccc1C(F)(F)F. The number of rotatable bonds is 3.